The van der Waals surface area contributed by atoms with Gasteiger partial charge in [-0.2, -0.15) is 0 Å². The van der Waals surface area contributed by atoms with E-state index in [1.165, 1.54) is 18.2 Å². The summed E-state index contributed by atoms with van der Waals surface area (Å²) in [6, 6.07) is 0. The van der Waals surface area contributed by atoms with Crippen molar-refractivity contribution >= 4 is 5.97 Å². The van der Waals surface area contributed by atoms with Gasteiger partial charge in [-0.15, -0.1) is 0 Å². The van der Waals surface area contributed by atoms with Gasteiger partial charge in [-0.3, -0.25) is 0 Å². The second kappa shape index (κ2) is 4.56. The van der Waals surface area contributed by atoms with Gasteiger partial charge in [-0.05, 0) is 13.0 Å². The fraction of sp³-hybridized carbons (Fsp3) is 0.125. The molecule has 0 aliphatic rings. The van der Waals surface area contributed by atoms with Crippen molar-refractivity contribution in [2.45, 2.75) is 6.92 Å². The largest absolute Gasteiger partial charge is 0.478 e. The quantitative estimate of drug-likeness (QED) is 0.476. The van der Waals surface area contributed by atoms with Crippen LogP contribution in [0.25, 0.3) is 0 Å². The Morgan fingerprint density at radius 2 is 2.20 bits per heavy atom. The number of carboxylic acids is 1. The first-order chi connectivity index (χ1) is 4.72. The summed E-state index contributed by atoms with van der Waals surface area (Å²) in [5.41, 5.74) is 0.278. The molecule has 0 aromatic carbocycles. The molecule has 0 radical (unpaired) electrons. The van der Waals surface area contributed by atoms with Crippen LogP contribution in [0.15, 0.2) is 36.5 Å². The molecule has 0 rings (SSSR count). The molecule has 0 aliphatic carbocycles. The summed E-state index contributed by atoms with van der Waals surface area (Å²) in [5.74, 6) is -0.916. The van der Waals surface area contributed by atoms with Crippen LogP contribution in [0.3, 0.4) is 0 Å². The second-order valence-corrected chi connectivity index (χ2v) is 1.64. The number of allylic oxidation sites excluding steroid dienone is 3. The highest BCUT2D eigenvalue weighted by Gasteiger charge is 1.97. The van der Waals surface area contributed by atoms with E-state index in [4.69, 9.17) is 5.11 Å². The average Bonchev–Trinajstić information content (AvgIpc) is 1.89. The average molecular weight is 138 g/mol. The first kappa shape index (κ1) is 8.69. The smallest absolute Gasteiger partial charge is 0.335 e. The Balaban J connectivity index is 4.25. The van der Waals surface area contributed by atoms with E-state index in [-0.39, 0.29) is 5.57 Å². The molecule has 2 nitrogen and oxygen atoms in total. The molecule has 0 bridgehead atoms. The summed E-state index contributed by atoms with van der Waals surface area (Å²) in [6.07, 6.45) is 6.15. The van der Waals surface area contributed by atoms with Crippen LogP contribution in [0.2, 0.25) is 0 Å². The van der Waals surface area contributed by atoms with E-state index in [1.807, 2.05) is 0 Å². The molecule has 0 spiro atoms. The summed E-state index contributed by atoms with van der Waals surface area (Å²) < 4.78 is 0. The predicted molar refractivity (Wildman–Crippen MR) is 40.7 cm³/mol. The van der Waals surface area contributed by atoms with Crippen LogP contribution in [0, 0.1) is 0 Å². The van der Waals surface area contributed by atoms with Crippen LogP contribution in [0.5, 0.6) is 0 Å². The van der Waals surface area contributed by atoms with Crippen molar-refractivity contribution in [3.8, 4) is 0 Å². The Labute approximate surface area is 60.2 Å². The minimum Gasteiger partial charge on any atom is -0.478 e. The zero-order valence-corrected chi connectivity index (χ0v) is 5.87. The summed E-state index contributed by atoms with van der Waals surface area (Å²) in [4.78, 5) is 10.3. The Morgan fingerprint density at radius 3 is 2.50 bits per heavy atom. The van der Waals surface area contributed by atoms with Gasteiger partial charge < -0.3 is 5.11 Å². The maximum atomic E-state index is 10.3. The van der Waals surface area contributed by atoms with E-state index >= 15 is 0 Å². The van der Waals surface area contributed by atoms with Crippen molar-refractivity contribution in [3.05, 3.63) is 36.5 Å². The maximum Gasteiger partial charge on any atom is 0.335 e. The number of hydrogen-bond acceptors (Lipinski definition) is 1. The van der Waals surface area contributed by atoms with Crippen LogP contribution in [0.1, 0.15) is 6.92 Å². The summed E-state index contributed by atoms with van der Waals surface area (Å²) in [7, 11) is 0. The molecular weight excluding hydrogens is 128 g/mol. The van der Waals surface area contributed by atoms with E-state index in [0.717, 1.165) is 0 Å². The number of carboxylic acid groups (broad SMARTS) is 1. The van der Waals surface area contributed by atoms with E-state index in [9.17, 15) is 4.79 Å². The lowest BCUT2D eigenvalue weighted by atomic mass is 10.2. The fourth-order valence-electron chi connectivity index (χ4n) is 0.463. The third kappa shape index (κ3) is 2.87. The van der Waals surface area contributed by atoms with Gasteiger partial charge in [0.05, 0.1) is 5.57 Å². The Bertz CT molecular complexity index is 187. The number of aliphatic carboxylic acids is 1. The molecule has 0 saturated carbocycles. The monoisotopic (exact) mass is 138 g/mol. The maximum absolute atomic E-state index is 10.3. The molecule has 0 atom stereocenters. The molecular formula is C8H10O2. The van der Waals surface area contributed by atoms with Crippen molar-refractivity contribution in [3.63, 3.8) is 0 Å². The highest BCUT2D eigenvalue weighted by molar-refractivity contribution is 5.89. The van der Waals surface area contributed by atoms with Crippen LogP contribution in [0.4, 0.5) is 0 Å². The molecule has 10 heavy (non-hydrogen) atoms. The summed E-state index contributed by atoms with van der Waals surface area (Å²) >= 11 is 0. The third-order valence-corrected chi connectivity index (χ3v) is 0.970. The molecule has 54 valence electrons. The van der Waals surface area contributed by atoms with Gasteiger partial charge in [0.2, 0.25) is 0 Å². The van der Waals surface area contributed by atoms with Crippen molar-refractivity contribution in [2.24, 2.45) is 0 Å². The highest BCUT2D eigenvalue weighted by Crippen LogP contribution is 1.95. The van der Waals surface area contributed by atoms with Gasteiger partial charge in [0.25, 0.3) is 0 Å². The Hall–Kier alpha value is -1.31. The number of rotatable bonds is 3. The molecule has 0 unspecified atom stereocenters. The molecule has 2 heteroatoms. The summed E-state index contributed by atoms with van der Waals surface area (Å²) in [6.45, 7) is 5.10. The van der Waals surface area contributed by atoms with E-state index in [1.54, 1.807) is 13.0 Å². The third-order valence-electron chi connectivity index (χ3n) is 0.970. The van der Waals surface area contributed by atoms with Crippen LogP contribution in [-0.2, 0) is 4.79 Å². The second-order valence-electron chi connectivity index (χ2n) is 1.64. The number of hydrogen-bond donors (Lipinski definition) is 1. The lowest BCUT2D eigenvalue weighted by Gasteiger charge is -1.88. The lowest BCUT2D eigenvalue weighted by molar-refractivity contribution is -0.132. The molecule has 0 aliphatic heterocycles. The van der Waals surface area contributed by atoms with Gasteiger partial charge in [-0.1, -0.05) is 24.8 Å². The van der Waals surface area contributed by atoms with Crippen molar-refractivity contribution < 1.29 is 9.90 Å². The van der Waals surface area contributed by atoms with Crippen molar-refractivity contribution in [2.75, 3.05) is 0 Å². The van der Waals surface area contributed by atoms with Gasteiger partial charge >= 0.3 is 5.97 Å². The molecule has 1 N–H and O–H groups in total. The van der Waals surface area contributed by atoms with Gasteiger partial charge in [-0.25, -0.2) is 4.79 Å². The van der Waals surface area contributed by atoms with E-state index in [2.05, 4.69) is 6.58 Å². The minimum atomic E-state index is -0.916. The minimum absolute atomic E-state index is 0.278. The molecule has 0 aromatic heterocycles. The van der Waals surface area contributed by atoms with Crippen LogP contribution >= 0.6 is 0 Å². The molecule has 0 aromatic rings. The lowest BCUT2D eigenvalue weighted by Crippen LogP contribution is -1.96. The van der Waals surface area contributed by atoms with E-state index in [0.29, 0.717) is 0 Å². The van der Waals surface area contributed by atoms with Gasteiger partial charge in [0.15, 0.2) is 0 Å². The van der Waals surface area contributed by atoms with Crippen LogP contribution in [-0.4, -0.2) is 11.1 Å². The Morgan fingerprint density at radius 1 is 1.60 bits per heavy atom. The molecule has 0 saturated heterocycles. The fourth-order valence-corrected chi connectivity index (χ4v) is 0.463. The van der Waals surface area contributed by atoms with Crippen molar-refractivity contribution in [1.82, 2.24) is 0 Å². The standard InChI is InChI=1S/C8H10O2/c1-3-5-6-7(4-2)8(9)10/h3-6H,1H2,2H3,(H,9,10)/b6-5-,7-4+. The molecule has 0 amide bonds. The first-order valence-corrected chi connectivity index (χ1v) is 2.91. The predicted octanol–water partition coefficient (Wildman–Crippen LogP) is 1.76. The summed E-state index contributed by atoms with van der Waals surface area (Å²) in [5, 5.41) is 8.45. The zero-order chi connectivity index (χ0) is 7.98. The van der Waals surface area contributed by atoms with Crippen molar-refractivity contribution in [1.29, 1.82) is 0 Å². The Kier molecular flexibility index (Phi) is 3.96. The van der Waals surface area contributed by atoms with Gasteiger partial charge in [0.1, 0.15) is 0 Å². The van der Waals surface area contributed by atoms with E-state index < -0.39 is 5.97 Å². The zero-order valence-electron chi connectivity index (χ0n) is 5.87. The normalized spacial score (nSPS) is 11.9. The molecule has 0 fully saturated rings. The molecule has 0 heterocycles. The topological polar surface area (TPSA) is 37.3 Å². The highest BCUT2D eigenvalue weighted by atomic mass is 16.4. The SMILES string of the molecule is C=C/C=C\C(=C/C)C(=O)O. The first-order valence-electron chi connectivity index (χ1n) is 2.91. The number of carbonyl (C=O) groups is 1. The van der Waals surface area contributed by atoms with Gasteiger partial charge in [0, 0.05) is 0 Å². The van der Waals surface area contributed by atoms with Crippen LogP contribution < -0.4 is 0 Å².